The fraction of sp³-hybridized carbons (Fsp3) is 0.333. The molecule has 0 bridgehead atoms. The van der Waals surface area contributed by atoms with Gasteiger partial charge in [-0.1, -0.05) is 41.5 Å². The minimum absolute atomic E-state index is 0.394. The number of nitrogens with zero attached hydrogens (tertiary/aromatic N) is 2. The molecule has 0 aromatic heterocycles. The van der Waals surface area contributed by atoms with Crippen molar-refractivity contribution in [2.24, 2.45) is 10.3 Å². The molecule has 0 fully saturated rings. The van der Waals surface area contributed by atoms with Crippen LogP contribution in [0.5, 0.6) is 0 Å². The van der Waals surface area contributed by atoms with Gasteiger partial charge < -0.3 is 19.1 Å². The summed E-state index contributed by atoms with van der Waals surface area (Å²) in [5, 5.41) is 8.66. The molecule has 0 N–H and O–H groups in total. The molecular formula is C27H28N2O4. The van der Waals surface area contributed by atoms with E-state index >= 15 is 0 Å². The first-order chi connectivity index (χ1) is 15.6. The van der Waals surface area contributed by atoms with Crippen LogP contribution in [0.2, 0.25) is 0 Å². The van der Waals surface area contributed by atoms with Gasteiger partial charge in [0.05, 0.1) is 0 Å². The van der Waals surface area contributed by atoms with E-state index in [-0.39, 0.29) is 0 Å². The summed E-state index contributed by atoms with van der Waals surface area (Å²) in [6.07, 6.45) is 5.52. The van der Waals surface area contributed by atoms with Crippen LogP contribution in [0.15, 0.2) is 58.4 Å². The van der Waals surface area contributed by atoms with Gasteiger partial charge in [0.2, 0.25) is 0 Å². The van der Waals surface area contributed by atoms with Crippen LogP contribution in [-0.4, -0.2) is 23.4 Å². The van der Waals surface area contributed by atoms with Gasteiger partial charge in [-0.05, 0) is 86.6 Å². The van der Waals surface area contributed by atoms with Crippen LogP contribution in [0.1, 0.15) is 51.4 Å². The maximum atomic E-state index is 6.43. The first-order valence-electron chi connectivity index (χ1n) is 11.1. The standard InChI is InChI=1S/C27H28N2O4/c1-15-8-9-26(30-24(28-32-26)22-18(4)10-16(2)11-19(22)5)27(14-15)31-25(29-33-27)23-20(6)12-17(3)13-21(23)7/h8-14H,1-7H3. The van der Waals surface area contributed by atoms with E-state index in [0.717, 1.165) is 39.0 Å². The van der Waals surface area contributed by atoms with Crippen LogP contribution in [0, 0.1) is 41.5 Å². The van der Waals surface area contributed by atoms with E-state index < -0.39 is 11.6 Å². The van der Waals surface area contributed by atoms with Gasteiger partial charge in [0.15, 0.2) is 0 Å². The maximum Gasteiger partial charge on any atom is 0.381 e. The highest BCUT2D eigenvalue weighted by atomic mass is 16.9. The second-order valence-electron chi connectivity index (χ2n) is 9.28. The summed E-state index contributed by atoms with van der Waals surface area (Å²) in [4.78, 5) is 11.9. The number of oxime groups is 2. The van der Waals surface area contributed by atoms with E-state index in [9.17, 15) is 0 Å². The van der Waals surface area contributed by atoms with Crippen LogP contribution >= 0.6 is 0 Å². The summed E-state index contributed by atoms with van der Waals surface area (Å²) in [7, 11) is 0. The van der Waals surface area contributed by atoms with E-state index in [1.54, 1.807) is 6.08 Å². The van der Waals surface area contributed by atoms with Gasteiger partial charge in [-0.2, -0.15) is 0 Å². The van der Waals surface area contributed by atoms with E-state index in [2.05, 4.69) is 48.4 Å². The van der Waals surface area contributed by atoms with Crippen LogP contribution in [0.25, 0.3) is 0 Å². The van der Waals surface area contributed by atoms with Gasteiger partial charge in [0.25, 0.3) is 11.8 Å². The Morgan fingerprint density at radius 1 is 0.606 bits per heavy atom. The summed E-state index contributed by atoms with van der Waals surface area (Å²) in [6.45, 7) is 14.3. The molecule has 2 aromatic carbocycles. The Morgan fingerprint density at radius 2 is 1.03 bits per heavy atom. The molecule has 0 amide bonds. The Labute approximate surface area is 194 Å². The number of rotatable bonds is 2. The summed E-state index contributed by atoms with van der Waals surface area (Å²) in [6, 6.07) is 8.40. The number of fused-ring (bicyclic) bond motifs is 1. The van der Waals surface area contributed by atoms with Crippen LogP contribution in [-0.2, 0) is 19.1 Å². The molecule has 2 atom stereocenters. The monoisotopic (exact) mass is 444 g/mol. The molecule has 2 aliphatic heterocycles. The van der Waals surface area contributed by atoms with Gasteiger partial charge in [0, 0.05) is 23.3 Å². The van der Waals surface area contributed by atoms with E-state index in [4.69, 9.17) is 19.1 Å². The molecule has 0 radical (unpaired) electrons. The van der Waals surface area contributed by atoms with Crippen molar-refractivity contribution in [3.05, 3.63) is 92.6 Å². The smallest absolute Gasteiger partial charge is 0.381 e. The predicted octanol–water partition coefficient (Wildman–Crippen LogP) is 5.56. The minimum atomic E-state index is -1.44. The average molecular weight is 445 g/mol. The third-order valence-electron chi connectivity index (χ3n) is 6.28. The molecule has 0 saturated carbocycles. The average Bonchev–Trinajstić information content (AvgIpc) is 3.31. The SMILES string of the molecule is CC1=CC2(ON=C(c3c(C)cc(C)cc3C)O2)C2(C=C1)ON=C(c1c(C)cc(C)cc1C)O2. The zero-order valence-corrected chi connectivity index (χ0v) is 20.1. The van der Waals surface area contributed by atoms with Crippen LogP contribution in [0.3, 0.4) is 0 Å². The third kappa shape index (κ3) is 3.24. The normalized spacial score (nSPS) is 25.2. The molecule has 6 heteroatoms. The number of benzene rings is 2. The lowest BCUT2D eigenvalue weighted by Gasteiger charge is -2.36. The first-order valence-corrected chi connectivity index (χ1v) is 11.1. The Balaban J connectivity index is 1.51. The Bertz CT molecular complexity index is 1260. The van der Waals surface area contributed by atoms with Gasteiger partial charge in [-0.3, -0.25) is 0 Å². The Kier molecular flexibility index (Phi) is 4.67. The molecule has 33 heavy (non-hydrogen) atoms. The van der Waals surface area contributed by atoms with Crippen LogP contribution < -0.4 is 0 Å². The van der Waals surface area contributed by atoms with Gasteiger partial charge in [0.1, 0.15) is 0 Å². The van der Waals surface area contributed by atoms with Gasteiger partial charge in [-0.25, -0.2) is 0 Å². The molecular weight excluding hydrogens is 416 g/mol. The second kappa shape index (κ2) is 7.24. The highest BCUT2D eigenvalue weighted by Gasteiger charge is 2.67. The van der Waals surface area contributed by atoms with E-state index in [1.165, 1.54) is 11.1 Å². The van der Waals surface area contributed by atoms with Crippen molar-refractivity contribution in [3.8, 4) is 0 Å². The van der Waals surface area contributed by atoms with E-state index in [0.29, 0.717) is 11.8 Å². The number of hydrogen-bond acceptors (Lipinski definition) is 6. The molecule has 3 aliphatic rings. The predicted molar refractivity (Wildman–Crippen MR) is 127 cm³/mol. The topological polar surface area (TPSA) is 61.6 Å². The van der Waals surface area contributed by atoms with Crippen molar-refractivity contribution in [1.29, 1.82) is 0 Å². The lowest BCUT2D eigenvalue weighted by Crippen LogP contribution is -2.56. The van der Waals surface area contributed by atoms with Crippen molar-refractivity contribution in [1.82, 2.24) is 0 Å². The summed E-state index contributed by atoms with van der Waals surface area (Å²) >= 11 is 0. The summed E-state index contributed by atoms with van der Waals surface area (Å²) < 4.78 is 12.8. The quantitative estimate of drug-likeness (QED) is 0.608. The number of hydrogen-bond donors (Lipinski definition) is 0. The second-order valence-corrected chi connectivity index (χ2v) is 9.28. The van der Waals surface area contributed by atoms with Gasteiger partial charge in [-0.15, -0.1) is 0 Å². The molecule has 2 unspecified atom stereocenters. The first kappa shape index (κ1) is 21.3. The van der Waals surface area contributed by atoms with Crippen molar-refractivity contribution in [2.75, 3.05) is 0 Å². The Hall–Kier alpha value is -3.54. The fourth-order valence-corrected chi connectivity index (χ4v) is 5.00. The molecule has 2 aromatic rings. The molecule has 2 spiro atoms. The maximum absolute atomic E-state index is 6.43. The largest absolute Gasteiger partial charge is 0.420 e. The molecule has 2 heterocycles. The van der Waals surface area contributed by atoms with E-state index in [1.807, 2.05) is 46.8 Å². The molecule has 6 nitrogen and oxygen atoms in total. The van der Waals surface area contributed by atoms with Crippen molar-refractivity contribution >= 4 is 11.8 Å². The summed E-state index contributed by atoms with van der Waals surface area (Å²) in [5.74, 6) is -2.09. The molecule has 0 saturated heterocycles. The lowest BCUT2D eigenvalue weighted by molar-refractivity contribution is -0.300. The highest BCUT2D eigenvalue weighted by molar-refractivity contribution is 5.99. The van der Waals surface area contributed by atoms with Crippen molar-refractivity contribution < 1.29 is 19.1 Å². The zero-order chi connectivity index (χ0) is 23.5. The lowest BCUT2D eigenvalue weighted by atomic mass is 9.95. The Morgan fingerprint density at radius 3 is 1.52 bits per heavy atom. The molecule has 5 rings (SSSR count). The third-order valence-corrected chi connectivity index (χ3v) is 6.28. The highest BCUT2D eigenvalue weighted by Crippen LogP contribution is 2.46. The number of allylic oxidation sites excluding steroid dienone is 2. The number of ether oxygens (including phenoxy) is 2. The minimum Gasteiger partial charge on any atom is -0.420 e. The zero-order valence-electron chi connectivity index (χ0n) is 20.1. The van der Waals surface area contributed by atoms with Gasteiger partial charge >= 0.3 is 11.6 Å². The van der Waals surface area contributed by atoms with Crippen molar-refractivity contribution in [2.45, 2.75) is 60.0 Å². The molecule has 1 aliphatic carbocycles. The van der Waals surface area contributed by atoms with Crippen LogP contribution in [0.4, 0.5) is 0 Å². The molecule has 170 valence electrons. The summed E-state index contributed by atoms with van der Waals surface area (Å²) in [5.41, 5.74) is 9.34. The van der Waals surface area contributed by atoms with Crippen molar-refractivity contribution in [3.63, 3.8) is 0 Å². The fourth-order valence-electron chi connectivity index (χ4n) is 5.00. The number of aryl methyl sites for hydroxylation is 6.